The number of hydrogen-bond acceptors (Lipinski definition) is 5. The van der Waals surface area contributed by atoms with Crippen molar-refractivity contribution in [2.45, 2.75) is 25.8 Å². The number of hydrogen-bond donors (Lipinski definition) is 1. The van der Waals surface area contributed by atoms with Crippen molar-refractivity contribution in [2.24, 2.45) is 0 Å². The Morgan fingerprint density at radius 1 is 1.04 bits per heavy atom. The van der Waals surface area contributed by atoms with Gasteiger partial charge in [-0.2, -0.15) is 0 Å². The second-order valence-electron chi connectivity index (χ2n) is 6.25. The van der Waals surface area contributed by atoms with Gasteiger partial charge in [0.1, 0.15) is 5.82 Å². The first-order valence-corrected chi connectivity index (χ1v) is 9.03. The first-order valence-electron chi connectivity index (χ1n) is 8.65. The second kappa shape index (κ2) is 7.23. The summed E-state index contributed by atoms with van der Waals surface area (Å²) in [4.78, 5) is 16.0. The van der Waals surface area contributed by atoms with Gasteiger partial charge >= 0.3 is 0 Å². The summed E-state index contributed by atoms with van der Waals surface area (Å²) in [6, 6.07) is 9.71. The minimum atomic E-state index is 0.593. The predicted molar refractivity (Wildman–Crippen MR) is 102 cm³/mol. The summed E-state index contributed by atoms with van der Waals surface area (Å²) in [5.41, 5.74) is 1.93. The zero-order valence-corrected chi connectivity index (χ0v) is 14.7. The number of nitrogens with zero attached hydrogens (tertiary/aromatic N) is 4. The van der Waals surface area contributed by atoms with Gasteiger partial charge in [-0.1, -0.05) is 29.8 Å². The number of benzene rings is 1. The molecular weight excluding hydrogens is 334 g/mol. The van der Waals surface area contributed by atoms with Crippen LogP contribution in [0.5, 0.6) is 0 Å². The Morgan fingerprint density at radius 3 is 2.72 bits per heavy atom. The molecule has 0 atom stereocenters. The summed E-state index contributed by atoms with van der Waals surface area (Å²) < 4.78 is 0. The minimum Gasteiger partial charge on any atom is -0.356 e. The molecule has 1 fully saturated rings. The van der Waals surface area contributed by atoms with Crippen LogP contribution in [0.3, 0.4) is 0 Å². The standard InChI is InChI=1S/C19H20ClN5/c20-16-7-3-2-6-14(16)12-22-19-23-13-15-17(24-19)8-9-21-18(15)25-10-4-1-5-11-25/h2-3,6-9,13H,1,4-5,10-12H2,(H,22,23,24). The van der Waals surface area contributed by atoms with Crippen LogP contribution < -0.4 is 10.2 Å². The van der Waals surface area contributed by atoms with Crippen LogP contribution in [0, 0.1) is 0 Å². The monoisotopic (exact) mass is 353 g/mol. The zero-order valence-electron chi connectivity index (χ0n) is 14.0. The number of nitrogens with one attached hydrogen (secondary N) is 1. The van der Waals surface area contributed by atoms with E-state index >= 15 is 0 Å². The number of piperidine rings is 1. The molecule has 128 valence electrons. The van der Waals surface area contributed by atoms with Crippen LogP contribution in [-0.4, -0.2) is 28.0 Å². The first kappa shape index (κ1) is 16.1. The third-order valence-electron chi connectivity index (χ3n) is 4.54. The molecule has 1 aromatic carbocycles. The molecule has 2 aromatic heterocycles. The lowest BCUT2D eigenvalue weighted by atomic mass is 10.1. The van der Waals surface area contributed by atoms with Crippen molar-refractivity contribution in [3.63, 3.8) is 0 Å². The van der Waals surface area contributed by atoms with E-state index in [1.54, 1.807) is 0 Å². The van der Waals surface area contributed by atoms with Gasteiger partial charge in [-0.05, 0) is 37.0 Å². The average Bonchev–Trinajstić information content (AvgIpc) is 2.67. The number of aromatic nitrogens is 3. The van der Waals surface area contributed by atoms with Gasteiger partial charge < -0.3 is 10.2 Å². The van der Waals surface area contributed by atoms with E-state index in [0.717, 1.165) is 40.4 Å². The van der Waals surface area contributed by atoms with Gasteiger partial charge in [0.2, 0.25) is 5.95 Å². The molecule has 0 spiro atoms. The highest BCUT2D eigenvalue weighted by molar-refractivity contribution is 6.31. The topological polar surface area (TPSA) is 53.9 Å². The lowest BCUT2D eigenvalue weighted by Crippen LogP contribution is -2.30. The smallest absolute Gasteiger partial charge is 0.223 e. The molecule has 6 heteroatoms. The summed E-state index contributed by atoms with van der Waals surface area (Å²) >= 11 is 6.20. The zero-order chi connectivity index (χ0) is 17.1. The van der Waals surface area contributed by atoms with Crippen molar-refractivity contribution in [3.05, 3.63) is 53.3 Å². The van der Waals surface area contributed by atoms with Crippen molar-refractivity contribution >= 4 is 34.3 Å². The fourth-order valence-corrected chi connectivity index (χ4v) is 3.40. The second-order valence-corrected chi connectivity index (χ2v) is 6.66. The molecule has 0 radical (unpaired) electrons. The van der Waals surface area contributed by atoms with E-state index in [0.29, 0.717) is 12.5 Å². The van der Waals surface area contributed by atoms with Gasteiger partial charge in [-0.15, -0.1) is 0 Å². The van der Waals surface area contributed by atoms with Crippen LogP contribution in [0.1, 0.15) is 24.8 Å². The van der Waals surface area contributed by atoms with Crippen molar-refractivity contribution in [1.29, 1.82) is 0 Å². The van der Waals surface area contributed by atoms with E-state index in [-0.39, 0.29) is 0 Å². The Bertz CT molecular complexity index is 877. The van der Waals surface area contributed by atoms with Crippen LogP contribution in [0.15, 0.2) is 42.7 Å². The third kappa shape index (κ3) is 3.51. The Balaban J connectivity index is 1.57. The molecule has 3 heterocycles. The normalized spacial score (nSPS) is 14.7. The summed E-state index contributed by atoms with van der Waals surface area (Å²) in [7, 11) is 0. The van der Waals surface area contributed by atoms with Crippen molar-refractivity contribution in [3.8, 4) is 0 Å². The van der Waals surface area contributed by atoms with Gasteiger partial charge in [0.05, 0.1) is 10.9 Å². The highest BCUT2D eigenvalue weighted by Crippen LogP contribution is 2.26. The van der Waals surface area contributed by atoms with E-state index in [1.165, 1.54) is 19.3 Å². The van der Waals surface area contributed by atoms with Crippen molar-refractivity contribution < 1.29 is 0 Å². The van der Waals surface area contributed by atoms with Gasteiger partial charge in [-0.25, -0.2) is 15.0 Å². The average molecular weight is 354 g/mol. The van der Waals surface area contributed by atoms with Crippen molar-refractivity contribution in [2.75, 3.05) is 23.3 Å². The highest BCUT2D eigenvalue weighted by Gasteiger charge is 2.15. The molecule has 4 rings (SSSR count). The summed E-state index contributed by atoms with van der Waals surface area (Å²) in [6.45, 7) is 2.70. The molecule has 1 aliphatic heterocycles. The number of fused-ring (bicyclic) bond motifs is 1. The van der Waals surface area contributed by atoms with E-state index in [4.69, 9.17) is 11.6 Å². The maximum absolute atomic E-state index is 6.20. The molecule has 1 N–H and O–H groups in total. The predicted octanol–water partition coefficient (Wildman–Crippen LogP) is 4.28. The van der Waals surface area contributed by atoms with Crippen LogP contribution in [-0.2, 0) is 6.54 Å². The van der Waals surface area contributed by atoms with Gasteiger partial charge in [0.25, 0.3) is 0 Å². The minimum absolute atomic E-state index is 0.593. The molecule has 0 bridgehead atoms. The Kier molecular flexibility index (Phi) is 4.65. The number of anilines is 2. The molecule has 1 saturated heterocycles. The van der Waals surface area contributed by atoms with E-state index in [1.807, 2.05) is 42.7 Å². The Labute approximate surface area is 152 Å². The van der Waals surface area contributed by atoms with E-state index < -0.39 is 0 Å². The molecule has 0 unspecified atom stereocenters. The maximum atomic E-state index is 6.20. The molecule has 0 saturated carbocycles. The summed E-state index contributed by atoms with van der Waals surface area (Å²) in [6.07, 6.45) is 7.44. The van der Waals surface area contributed by atoms with Gasteiger partial charge in [0.15, 0.2) is 0 Å². The van der Waals surface area contributed by atoms with Crippen molar-refractivity contribution in [1.82, 2.24) is 15.0 Å². The van der Waals surface area contributed by atoms with Crippen LogP contribution >= 0.6 is 11.6 Å². The van der Waals surface area contributed by atoms with Crippen LogP contribution in [0.4, 0.5) is 11.8 Å². The number of halogens is 1. The fraction of sp³-hybridized carbons (Fsp3) is 0.316. The molecule has 25 heavy (non-hydrogen) atoms. The lowest BCUT2D eigenvalue weighted by Gasteiger charge is -2.28. The number of pyridine rings is 1. The molecule has 3 aromatic rings. The molecule has 0 amide bonds. The van der Waals surface area contributed by atoms with E-state index in [9.17, 15) is 0 Å². The van der Waals surface area contributed by atoms with Crippen LogP contribution in [0.2, 0.25) is 5.02 Å². The molecule has 1 aliphatic rings. The first-order chi connectivity index (χ1) is 12.3. The van der Waals surface area contributed by atoms with Gasteiger partial charge in [0, 0.05) is 37.1 Å². The molecular formula is C19H20ClN5. The SMILES string of the molecule is Clc1ccccc1CNc1ncc2c(N3CCCCC3)nccc2n1. The summed E-state index contributed by atoms with van der Waals surface area (Å²) in [5.74, 6) is 1.60. The maximum Gasteiger partial charge on any atom is 0.223 e. The quantitative estimate of drug-likeness (QED) is 0.758. The van der Waals surface area contributed by atoms with Gasteiger partial charge in [-0.3, -0.25) is 0 Å². The fourth-order valence-electron chi connectivity index (χ4n) is 3.20. The summed E-state index contributed by atoms with van der Waals surface area (Å²) in [5, 5.41) is 5.00. The highest BCUT2D eigenvalue weighted by atomic mass is 35.5. The third-order valence-corrected chi connectivity index (χ3v) is 4.91. The Morgan fingerprint density at radius 2 is 1.88 bits per heavy atom. The van der Waals surface area contributed by atoms with E-state index in [2.05, 4.69) is 25.2 Å². The Hall–Kier alpha value is -2.40. The molecule has 0 aliphatic carbocycles. The lowest BCUT2D eigenvalue weighted by molar-refractivity contribution is 0.575. The van der Waals surface area contributed by atoms with Crippen LogP contribution in [0.25, 0.3) is 10.9 Å². The largest absolute Gasteiger partial charge is 0.356 e. The number of rotatable bonds is 4. The molecule has 5 nitrogen and oxygen atoms in total.